The van der Waals surface area contributed by atoms with Crippen molar-refractivity contribution in [2.75, 3.05) is 5.32 Å². The van der Waals surface area contributed by atoms with Crippen LogP contribution in [-0.4, -0.2) is 22.3 Å². The Bertz CT molecular complexity index is 739. The number of aryl methyl sites for hydroxylation is 2. The smallest absolute Gasteiger partial charge is 0.417 e. The molecule has 0 aliphatic rings. The van der Waals surface area contributed by atoms with E-state index in [1.54, 1.807) is 6.07 Å². The third kappa shape index (κ3) is 3.54. The summed E-state index contributed by atoms with van der Waals surface area (Å²) in [5.74, 6) is -1.26. The molecule has 0 aliphatic carbocycles. The van der Waals surface area contributed by atoms with Gasteiger partial charge >= 0.3 is 12.1 Å². The Morgan fingerprint density at radius 1 is 1.09 bits per heavy atom. The van der Waals surface area contributed by atoms with Crippen molar-refractivity contribution in [2.45, 2.75) is 13.8 Å². The first-order valence-corrected chi connectivity index (χ1v) is 6.49. The molecule has 2 rings (SSSR count). The van der Waals surface area contributed by atoms with E-state index in [9.17, 15) is 14.7 Å². The van der Waals surface area contributed by atoms with E-state index < -0.39 is 17.8 Å². The standard InChI is InChI=1S/C16H15NO5/c1-9-3-6-14(10(2)7-9)22-16(21)17-11-4-5-12(15(19)20)13(18)8-11/h3-8,18H,1-2H3,(H,17,21)(H,19,20). The summed E-state index contributed by atoms with van der Waals surface area (Å²) in [5, 5.41) is 20.8. The lowest BCUT2D eigenvalue weighted by atomic mass is 10.1. The molecule has 0 spiro atoms. The Labute approximate surface area is 127 Å². The summed E-state index contributed by atoms with van der Waals surface area (Å²) in [6, 6.07) is 9.11. The van der Waals surface area contributed by atoms with Crippen LogP contribution in [0.25, 0.3) is 0 Å². The molecule has 2 aromatic rings. The van der Waals surface area contributed by atoms with Crippen molar-refractivity contribution >= 4 is 17.7 Å². The maximum atomic E-state index is 11.8. The second-order valence-corrected chi connectivity index (χ2v) is 4.82. The van der Waals surface area contributed by atoms with Crippen LogP contribution in [0, 0.1) is 13.8 Å². The number of hydrogen-bond acceptors (Lipinski definition) is 4. The van der Waals surface area contributed by atoms with E-state index >= 15 is 0 Å². The van der Waals surface area contributed by atoms with Gasteiger partial charge in [-0.15, -0.1) is 0 Å². The first-order chi connectivity index (χ1) is 10.4. The molecular weight excluding hydrogens is 286 g/mol. The fourth-order valence-corrected chi connectivity index (χ4v) is 1.95. The zero-order valence-electron chi connectivity index (χ0n) is 12.1. The minimum absolute atomic E-state index is 0.234. The molecule has 0 heterocycles. The summed E-state index contributed by atoms with van der Waals surface area (Å²) < 4.78 is 5.17. The number of carbonyl (C=O) groups excluding carboxylic acids is 1. The first-order valence-electron chi connectivity index (χ1n) is 6.49. The van der Waals surface area contributed by atoms with Crippen molar-refractivity contribution < 1.29 is 24.5 Å². The zero-order chi connectivity index (χ0) is 16.3. The lowest BCUT2D eigenvalue weighted by Crippen LogP contribution is -2.17. The van der Waals surface area contributed by atoms with Crippen molar-refractivity contribution in [2.24, 2.45) is 0 Å². The van der Waals surface area contributed by atoms with Crippen molar-refractivity contribution in [3.8, 4) is 11.5 Å². The number of carboxylic acids is 1. The van der Waals surface area contributed by atoms with Crippen LogP contribution >= 0.6 is 0 Å². The molecular formula is C16H15NO5. The molecule has 6 nitrogen and oxygen atoms in total. The van der Waals surface area contributed by atoms with Crippen LogP contribution in [0.3, 0.4) is 0 Å². The highest BCUT2D eigenvalue weighted by Crippen LogP contribution is 2.23. The van der Waals surface area contributed by atoms with Crippen molar-refractivity contribution in [3.05, 3.63) is 53.1 Å². The van der Waals surface area contributed by atoms with E-state index in [-0.39, 0.29) is 11.3 Å². The van der Waals surface area contributed by atoms with E-state index in [4.69, 9.17) is 9.84 Å². The molecule has 6 heteroatoms. The van der Waals surface area contributed by atoms with E-state index in [1.165, 1.54) is 12.1 Å². The first kappa shape index (κ1) is 15.4. The number of ether oxygens (including phenoxy) is 1. The van der Waals surface area contributed by atoms with Crippen molar-refractivity contribution in [3.63, 3.8) is 0 Å². The molecule has 3 N–H and O–H groups in total. The van der Waals surface area contributed by atoms with Crippen LogP contribution in [0.15, 0.2) is 36.4 Å². The fraction of sp³-hybridized carbons (Fsp3) is 0.125. The molecule has 1 amide bonds. The van der Waals surface area contributed by atoms with Crippen molar-refractivity contribution in [1.82, 2.24) is 0 Å². The molecule has 0 saturated heterocycles. The van der Waals surface area contributed by atoms with E-state index in [0.717, 1.165) is 17.2 Å². The van der Waals surface area contributed by atoms with Gasteiger partial charge in [-0.2, -0.15) is 0 Å². The highest BCUT2D eigenvalue weighted by atomic mass is 16.6. The molecule has 0 unspecified atom stereocenters. The average Bonchev–Trinajstić information content (AvgIpc) is 2.41. The molecule has 0 fully saturated rings. The molecule has 0 atom stereocenters. The Hall–Kier alpha value is -3.02. The Morgan fingerprint density at radius 2 is 1.82 bits per heavy atom. The van der Waals surface area contributed by atoms with Gasteiger partial charge in [0.25, 0.3) is 0 Å². The SMILES string of the molecule is Cc1ccc(OC(=O)Nc2ccc(C(=O)O)c(O)c2)c(C)c1. The van der Waals surface area contributed by atoms with Crippen LogP contribution in [0.4, 0.5) is 10.5 Å². The number of nitrogens with one attached hydrogen (secondary N) is 1. The number of aromatic hydroxyl groups is 1. The normalized spacial score (nSPS) is 10.1. The number of amides is 1. The van der Waals surface area contributed by atoms with Gasteiger partial charge in [0, 0.05) is 11.8 Å². The highest BCUT2D eigenvalue weighted by molar-refractivity contribution is 5.93. The fourth-order valence-electron chi connectivity index (χ4n) is 1.95. The molecule has 0 aliphatic heterocycles. The third-order valence-electron chi connectivity index (χ3n) is 3.01. The quantitative estimate of drug-likeness (QED) is 0.808. The average molecular weight is 301 g/mol. The zero-order valence-corrected chi connectivity index (χ0v) is 12.1. The highest BCUT2D eigenvalue weighted by Gasteiger charge is 2.12. The minimum atomic E-state index is -1.25. The number of benzene rings is 2. The molecule has 2 aromatic carbocycles. The Morgan fingerprint density at radius 3 is 2.41 bits per heavy atom. The van der Waals surface area contributed by atoms with Gasteiger partial charge in [0.2, 0.25) is 0 Å². The second-order valence-electron chi connectivity index (χ2n) is 4.82. The predicted molar refractivity (Wildman–Crippen MR) is 80.6 cm³/mol. The number of aromatic carboxylic acids is 1. The summed E-state index contributed by atoms with van der Waals surface area (Å²) in [4.78, 5) is 22.6. The topological polar surface area (TPSA) is 95.9 Å². The van der Waals surface area contributed by atoms with Crippen LogP contribution in [0.1, 0.15) is 21.5 Å². The van der Waals surface area contributed by atoms with Gasteiger partial charge < -0.3 is 14.9 Å². The molecule has 22 heavy (non-hydrogen) atoms. The largest absolute Gasteiger partial charge is 0.507 e. The summed E-state index contributed by atoms with van der Waals surface area (Å²) >= 11 is 0. The predicted octanol–water partition coefficient (Wildman–Crippen LogP) is 3.32. The molecule has 0 saturated carbocycles. The van der Waals surface area contributed by atoms with Gasteiger partial charge in [-0.25, -0.2) is 9.59 Å². The maximum Gasteiger partial charge on any atom is 0.417 e. The summed E-state index contributed by atoms with van der Waals surface area (Å²) in [6.07, 6.45) is -0.727. The Balaban J connectivity index is 2.09. The van der Waals surface area contributed by atoms with Crippen LogP contribution in [0.2, 0.25) is 0 Å². The van der Waals surface area contributed by atoms with Crippen LogP contribution in [0.5, 0.6) is 11.5 Å². The summed E-state index contributed by atoms with van der Waals surface area (Å²) in [6.45, 7) is 3.76. The molecule has 0 bridgehead atoms. The van der Waals surface area contributed by atoms with Gasteiger partial charge in [-0.3, -0.25) is 5.32 Å². The molecule has 0 aromatic heterocycles. The van der Waals surface area contributed by atoms with Crippen LogP contribution < -0.4 is 10.1 Å². The lowest BCUT2D eigenvalue weighted by Gasteiger charge is -2.10. The third-order valence-corrected chi connectivity index (χ3v) is 3.01. The lowest BCUT2D eigenvalue weighted by molar-refractivity contribution is 0.0693. The number of carbonyl (C=O) groups is 2. The number of phenols is 1. The second kappa shape index (κ2) is 6.17. The van der Waals surface area contributed by atoms with Crippen molar-refractivity contribution in [1.29, 1.82) is 0 Å². The number of anilines is 1. The molecule has 114 valence electrons. The molecule has 0 radical (unpaired) electrons. The van der Waals surface area contributed by atoms with E-state index in [0.29, 0.717) is 5.75 Å². The van der Waals surface area contributed by atoms with Gasteiger partial charge in [-0.1, -0.05) is 17.7 Å². The van der Waals surface area contributed by atoms with Gasteiger partial charge in [-0.05, 0) is 37.6 Å². The minimum Gasteiger partial charge on any atom is -0.507 e. The Kier molecular flexibility index (Phi) is 4.31. The number of carboxylic acid groups (broad SMARTS) is 1. The summed E-state index contributed by atoms with van der Waals surface area (Å²) in [5.41, 5.74) is 1.87. The van der Waals surface area contributed by atoms with Gasteiger partial charge in [0.1, 0.15) is 17.1 Å². The van der Waals surface area contributed by atoms with Gasteiger partial charge in [0.05, 0.1) is 0 Å². The maximum absolute atomic E-state index is 11.8. The number of rotatable bonds is 3. The van der Waals surface area contributed by atoms with E-state index in [1.807, 2.05) is 26.0 Å². The van der Waals surface area contributed by atoms with E-state index in [2.05, 4.69) is 5.32 Å². The summed E-state index contributed by atoms with van der Waals surface area (Å²) in [7, 11) is 0. The monoisotopic (exact) mass is 301 g/mol. The van der Waals surface area contributed by atoms with Gasteiger partial charge in [0.15, 0.2) is 0 Å². The number of hydrogen-bond donors (Lipinski definition) is 3. The van der Waals surface area contributed by atoms with Crippen LogP contribution in [-0.2, 0) is 0 Å².